The smallest absolute Gasteiger partial charge is 0.324 e. The van der Waals surface area contributed by atoms with Crippen LogP contribution < -0.4 is 5.32 Å². The summed E-state index contributed by atoms with van der Waals surface area (Å²) in [6.45, 7) is 6.35. The number of amides is 1. The molecule has 6 atom stereocenters. The third-order valence-electron chi connectivity index (χ3n) is 9.55. The number of hydrogen-bond acceptors (Lipinski definition) is 4. The van der Waals surface area contributed by atoms with E-state index in [9.17, 15) is 9.59 Å². The Morgan fingerprint density at radius 2 is 1.53 bits per heavy atom. The Kier molecular flexibility index (Phi) is 7.31. The summed E-state index contributed by atoms with van der Waals surface area (Å²) in [5, 5.41) is 3.47. The minimum atomic E-state index is -1.37. The van der Waals surface area contributed by atoms with E-state index in [1.807, 2.05) is 66.7 Å². The lowest BCUT2D eigenvalue weighted by atomic mass is 9.62. The van der Waals surface area contributed by atoms with Crippen molar-refractivity contribution < 1.29 is 18.7 Å². The average molecular weight is 644 g/mol. The number of morpholine rings is 1. The number of fused-ring (bicyclic) bond motifs is 3. The van der Waals surface area contributed by atoms with Gasteiger partial charge < -0.3 is 10.1 Å². The lowest BCUT2D eigenvalue weighted by molar-refractivity contribution is -0.176. The zero-order valence-corrected chi connectivity index (χ0v) is 26.6. The molecule has 5 unspecified atom stereocenters. The molecule has 3 aliphatic heterocycles. The van der Waals surface area contributed by atoms with Crippen molar-refractivity contribution in [3.63, 3.8) is 0 Å². The highest BCUT2D eigenvalue weighted by Gasteiger charge is 2.72. The first-order chi connectivity index (χ1) is 21.5. The molecule has 2 fully saturated rings. The number of benzene rings is 4. The van der Waals surface area contributed by atoms with E-state index in [1.165, 1.54) is 6.07 Å². The van der Waals surface area contributed by atoms with Gasteiger partial charge in [0.2, 0.25) is 5.91 Å². The molecule has 0 saturated carbocycles. The highest BCUT2D eigenvalue weighted by Crippen LogP contribution is 2.64. The van der Waals surface area contributed by atoms with Crippen LogP contribution in [0.3, 0.4) is 0 Å². The quantitative estimate of drug-likeness (QED) is 0.226. The third kappa shape index (κ3) is 4.68. The third-order valence-corrected chi connectivity index (χ3v) is 10.1. The molecule has 3 aliphatic rings. The van der Waals surface area contributed by atoms with E-state index < -0.39 is 47.3 Å². The second kappa shape index (κ2) is 11.0. The van der Waals surface area contributed by atoms with Crippen molar-refractivity contribution >= 4 is 40.8 Å². The molecule has 4 aromatic rings. The van der Waals surface area contributed by atoms with Gasteiger partial charge >= 0.3 is 5.97 Å². The number of esters is 1. The molecule has 7 rings (SSSR count). The number of carbonyl (C=O) groups excluding carboxylic acids is 2. The Labute approximate surface area is 272 Å². The highest BCUT2D eigenvalue weighted by atomic mass is 35.5. The van der Waals surface area contributed by atoms with Gasteiger partial charge in [0.15, 0.2) is 0 Å². The molecule has 0 aliphatic carbocycles. The van der Waals surface area contributed by atoms with Gasteiger partial charge in [0.05, 0.1) is 11.1 Å². The van der Waals surface area contributed by atoms with Crippen molar-refractivity contribution in [3.8, 4) is 0 Å². The Hall–Kier alpha value is -3.71. The van der Waals surface area contributed by atoms with Crippen molar-refractivity contribution in [2.75, 3.05) is 5.32 Å². The molecule has 4 aromatic carbocycles. The number of halogens is 3. The van der Waals surface area contributed by atoms with Crippen LogP contribution in [0.1, 0.15) is 67.5 Å². The van der Waals surface area contributed by atoms with E-state index in [4.69, 9.17) is 27.9 Å². The molecule has 230 valence electrons. The summed E-state index contributed by atoms with van der Waals surface area (Å²) in [5.41, 5.74) is 1.55. The lowest BCUT2D eigenvalue weighted by Gasteiger charge is -2.47. The van der Waals surface area contributed by atoms with Crippen molar-refractivity contribution in [1.82, 2.24) is 4.90 Å². The maximum Gasteiger partial charge on any atom is 0.324 e. The Balaban J connectivity index is 1.58. The van der Waals surface area contributed by atoms with E-state index in [0.717, 1.165) is 11.1 Å². The molecule has 1 spiro atoms. The minimum Gasteiger partial charge on any atom is -0.454 e. The standard InChI is InChI=1S/C37H33Cl2FN2O3/c1-36(2,3)20-28-37(25-18-17-23(38)19-27(25)41-35(37)44)29(24-15-10-16-26(39)30(24)40)32-34(43)45-33(22-13-8-5-9-14-22)31(42(28)32)21-11-6-4-7-12-21/h4-19,28-29,31-33H,20H2,1-3H3,(H,41,44)/t28?,29?,31?,32?,33?,37-/m0/s1. The highest BCUT2D eigenvalue weighted by molar-refractivity contribution is 6.31. The second-order valence-corrected chi connectivity index (χ2v) is 14.3. The summed E-state index contributed by atoms with van der Waals surface area (Å²) in [6, 6.07) is 27.7. The first-order valence-corrected chi connectivity index (χ1v) is 15.9. The molecule has 0 radical (unpaired) electrons. The van der Waals surface area contributed by atoms with Gasteiger partial charge in [0, 0.05) is 22.7 Å². The molecule has 2 saturated heterocycles. The number of cyclic esters (lactones) is 1. The topological polar surface area (TPSA) is 58.6 Å². The second-order valence-electron chi connectivity index (χ2n) is 13.4. The van der Waals surface area contributed by atoms with Crippen molar-refractivity contribution in [2.45, 2.75) is 62.8 Å². The number of rotatable bonds is 4. The van der Waals surface area contributed by atoms with Gasteiger partial charge in [0.25, 0.3) is 0 Å². The van der Waals surface area contributed by atoms with Crippen LogP contribution in [0.25, 0.3) is 0 Å². The number of nitrogens with zero attached hydrogens (tertiary/aromatic N) is 1. The number of hydrogen-bond donors (Lipinski definition) is 1. The number of ether oxygens (including phenoxy) is 1. The normalized spacial score (nSPS) is 27.6. The molecule has 5 nitrogen and oxygen atoms in total. The van der Waals surface area contributed by atoms with Crippen LogP contribution in [0.2, 0.25) is 10.0 Å². The van der Waals surface area contributed by atoms with Crippen LogP contribution in [-0.2, 0) is 19.7 Å². The molecule has 3 heterocycles. The van der Waals surface area contributed by atoms with Gasteiger partial charge in [-0.25, -0.2) is 4.39 Å². The van der Waals surface area contributed by atoms with Crippen molar-refractivity contribution in [1.29, 1.82) is 0 Å². The van der Waals surface area contributed by atoms with E-state index in [1.54, 1.807) is 24.3 Å². The van der Waals surface area contributed by atoms with Crippen LogP contribution in [0.15, 0.2) is 97.1 Å². The van der Waals surface area contributed by atoms with Crippen molar-refractivity contribution in [3.05, 3.63) is 135 Å². The molecular weight excluding hydrogens is 610 g/mol. The van der Waals surface area contributed by atoms with E-state index in [2.05, 4.69) is 31.0 Å². The monoisotopic (exact) mass is 642 g/mol. The zero-order chi connectivity index (χ0) is 31.7. The van der Waals surface area contributed by atoms with E-state index >= 15 is 4.39 Å². The van der Waals surface area contributed by atoms with Crippen LogP contribution in [0.5, 0.6) is 0 Å². The van der Waals surface area contributed by atoms with Crippen molar-refractivity contribution in [2.24, 2.45) is 5.41 Å². The van der Waals surface area contributed by atoms with Gasteiger partial charge in [-0.15, -0.1) is 0 Å². The van der Waals surface area contributed by atoms with Gasteiger partial charge in [-0.05, 0) is 52.3 Å². The van der Waals surface area contributed by atoms with Crippen LogP contribution in [0, 0.1) is 11.2 Å². The number of nitrogens with one attached hydrogen (secondary N) is 1. The summed E-state index contributed by atoms with van der Waals surface area (Å²) in [6.07, 6.45) is -0.149. The van der Waals surface area contributed by atoms with Gasteiger partial charge in [-0.1, -0.05) is 123 Å². The Bertz CT molecular complexity index is 1790. The van der Waals surface area contributed by atoms with Crippen LogP contribution in [-0.4, -0.2) is 28.9 Å². The fourth-order valence-electron chi connectivity index (χ4n) is 7.98. The summed E-state index contributed by atoms with van der Waals surface area (Å²) in [4.78, 5) is 31.5. The molecule has 8 heteroatoms. The maximum absolute atomic E-state index is 16.3. The van der Waals surface area contributed by atoms with Gasteiger partial charge in [-0.3, -0.25) is 14.5 Å². The first-order valence-electron chi connectivity index (χ1n) is 15.2. The number of anilines is 1. The van der Waals surface area contributed by atoms with Crippen LogP contribution >= 0.6 is 23.2 Å². The molecule has 0 aromatic heterocycles. The fourth-order valence-corrected chi connectivity index (χ4v) is 8.33. The molecule has 1 N–H and O–H groups in total. The Morgan fingerprint density at radius 1 is 0.867 bits per heavy atom. The van der Waals surface area contributed by atoms with Gasteiger partial charge in [0.1, 0.15) is 23.4 Å². The summed E-state index contributed by atoms with van der Waals surface area (Å²) in [7, 11) is 0. The molecule has 0 bridgehead atoms. The van der Waals surface area contributed by atoms with E-state index in [0.29, 0.717) is 22.7 Å². The lowest BCUT2D eigenvalue weighted by Crippen LogP contribution is -2.54. The van der Waals surface area contributed by atoms with E-state index in [-0.39, 0.29) is 21.9 Å². The molecule has 1 amide bonds. The zero-order valence-electron chi connectivity index (χ0n) is 25.1. The minimum absolute atomic E-state index is 0.0749. The first kappa shape index (κ1) is 30.0. The number of carbonyl (C=O) groups is 2. The molecular formula is C37H33Cl2FN2O3. The maximum atomic E-state index is 16.3. The SMILES string of the molecule is CC(C)(C)CC1N2C(C(=O)OC(c3ccccc3)C2c2ccccc2)C(c2cccc(Cl)c2F)[C@@]12C(=O)Nc1cc(Cl)ccc12. The largest absolute Gasteiger partial charge is 0.454 e. The predicted molar refractivity (Wildman–Crippen MR) is 174 cm³/mol. The summed E-state index contributed by atoms with van der Waals surface area (Å²) in [5.74, 6) is -2.42. The summed E-state index contributed by atoms with van der Waals surface area (Å²) >= 11 is 12.8. The summed E-state index contributed by atoms with van der Waals surface area (Å²) < 4.78 is 22.7. The fraction of sp³-hybridized carbons (Fsp3) is 0.297. The predicted octanol–water partition coefficient (Wildman–Crippen LogP) is 8.63. The van der Waals surface area contributed by atoms with Crippen LogP contribution in [0.4, 0.5) is 10.1 Å². The Morgan fingerprint density at radius 3 is 2.20 bits per heavy atom. The molecule has 45 heavy (non-hydrogen) atoms. The van der Waals surface area contributed by atoms with Gasteiger partial charge in [-0.2, -0.15) is 0 Å². The average Bonchev–Trinajstić information content (AvgIpc) is 3.46.